The highest BCUT2D eigenvalue weighted by Crippen LogP contribution is 2.30. The fourth-order valence-electron chi connectivity index (χ4n) is 5.53. The molecule has 3 N–H and O–H groups in total. The number of ketones is 1. The molecule has 12 nitrogen and oxygen atoms in total. The number of nitrogens with one attached hydrogen (secondary N) is 3. The van der Waals surface area contributed by atoms with Crippen LogP contribution in [0.2, 0.25) is 0 Å². The number of fused-ring (bicyclic) bond motifs is 2. The second-order valence-corrected chi connectivity index (χ2v) is 13.6. The van der Waals surface area contributed by atoms with Gasteiger partial charge in [-0.25, -0.2) is 14.8 Å². The first-order valence-electron chi connectivity index (χ1n) is 15.7. The minimum absolute atomic E-state index is 0.0356. The zero-order valence-electron chi connectivity index (χ0n) is 25.9. The lowest BCUT2D eigenvalue weighted by atomic mass is 10.1. The topological polar surface area (TPSA) is 150 Å². The number of nitrogens with zero attached hydrogens (tertiary/aromatic N) is 3. The van der Waals surface area contributed by atoms with Gasteiger partial charge in [-0.3, -0.25) is 24.2 Å². The summed E-state index contributed by atoms with van der Waals surface area (Å²) >= 11 is 2.90. The van der Waals surface area contributed by atoms with Gasteiger partial charge in [0.1, 0.15) is 29.4 Å². The average Bonchev–Trinajstić information content (AvgIpc) is 3.48. The van der Waals surface area contributed by atoms with Crippen molar-refractivity contribution in [3.63, 3.8) is 0 Å². The van der Waals surface area contributed by atoms with Gasteiger partial charge in [0.05, 0.1) is 16.0 Å². The Morgan fingerprint density at radius 3 is 2.48 bits per heavy atom. The van der Waals surface area contributed by atoms with Crippen molar-refractivity contribution in [1.82, 2.24) is 25.6 Å². The summed E-state index contributed by atoms with van der Waals surface area (Å²) in [5, 5.41) is 10.7. The maximum absolute atomic E-state index is 13.7. The van der Waals surface area contributed by atoms with E-state index in [1.807, 2.05) is 54.6 Å². The Morgan fingerprint density at radius 1 is 0.938 bits per heavy atom. The van der Waals surface area contributed by atoms with E-state index < -0.39 is 29.9 Å². The van der Waals surface area contributed by atoms with Crippen LogP contribution in [0.5, 0.6) is 11.5 Å². The number of carbonyl (C=O) groups excluding carboxylic acids is 5. The van der Waals surface area contributed by atoms with Gasteiger partial charge in [-0.1, -0.05) is 42.1 Å². The van der Waals surface area contributed by atoms with Crippen LogP contribution in [0.1, 0.15) is 32.1 Å². The van der Waals surface area contributed by atoms with Crippen LogP contribution in [0.15, 0.2) is 83.2 Å². The molecule has 2 aliphatic heterocycles. The molecule has 2 fully saturated rings. The summed E-state index contributed by atoms with van der Waals surface area (Å²) in [4.78, 5) is 70.1. The van der Waals surface area contributed by atoms with Crippen LogP contribution in [0, 0.1) is 0 Å². The molecule has 5 amide bonds. The van der Waals surface area contributed by atoms with Crippen molar-refractivity contribution >= 4 is 68.5 Å². The first-order chi connectivity index (χ1) is 23.3. The summed E-state index contributed by atoms with van der Waals surface area (Å²) < 4.78 is 7.65. The number of thiazole rings is 1. The van der Waals surface area contributed by atoms with Crippen molar-refractivity contribution in [3.05, 3.63) is 78.9 Å². The number of hydrogen-bond donors (Lipinski definition) is 3. The maximum atomic E-state index is 13.7. The molecule has 2 atom stereocenters. The first kappa shape index (κ1) is 33.0. The predicted molar refractivity (Wildman–Crippen MR) is 183 cm³/mol. The number of amides is 5. The average molecular weight is 687 g/mol. The Labute approximate surface area is 285 Å². The molecule has 1 unspecified atom stereocenters. The Kier molecular flexibility index (Phi) is 10.5. The number of hydrogen-bond acceptors (Lipinski definition) is 9. The standard InChI is InChI=1S/C34H34N6O6S2/c41-23(21-47-34-38-26-9-4-5-11-29(26)48-34)18-19-35-31(43)28-10-6-20-39-30(42)17-16-27(32(44)40(28)39)37-33(45)36-22-12-14-25(15-13-22)46-24-7-2-1-3-8-24/h1-5,7-9,11-15,27-28H,6,10,16-21H2,(H,35,43)(H2,36,37,45)/t27?,28-/m0/s1. The number of hydrazine groups is 1. The number of carbonyl (C=O) groups is 5. The van der Waals surface area contributed by atoms with E-state index in [1.54, 1.807) is 24.3 Å². The van der Waals surface area contributed by atoms with Crippen molar-refractivity contribution in [2.75, 3.05) is 24.2 Å². The molecule has 4 aromatic rings. The van der Waals surface area contributed by atoms with Gasteiger partial charge in [-0.05, 0) is 67.8 Å². The molecule has 0 saturated carbocycles. The number of Topliss-reactive ketones (excluding diaryl/α,β-unsaturated/α-hetero) is 1. The van der Waals surface area contributed by atoms with Gasteiger partial charge in [-0.15, -0.1) is 11.3 Å². The molecule has 2 saturated heterocycles. The van der Waals surface area contributed by atoms with Crippen LogP contribution in [-0.2, 0) is 19.2 Å². The minimum Gasteiger partial charge on any atom is -0.457 e. The van der Waals surface area contributed by atoms with Crippen molar-refractivity contribution in [3.8, 4) is 11.5 Å². The van der Waals surface area contributed by atoms with Gasteiger partial charge in [0, 0.05) is 31.6 Å². The van der Waals surface area contributed by atoms with Gasteiger partial charge in [0.15, 0.2) is 4.34 Å². The monoisotopic (exact) mass is 686 g/mol. The molecule has 0 spiro atoms. The normalized spacial score (nSPS) is 17.8. The highest BCUT2D eigenvalue weighted by molar-refractivity contribution is 8.01. The molecule has 0 radical (unpaired) electrons. The molecule has 248 valence electrons. The van der Waals surface area contributed by atoms with Crippen LogP contribution in [0.3, 0.4) is 0 Å². The lowest BCUT2D eigenvalue weighted by Gasteiger charge is -2.42. The highest BCUT2D eigenvalue weighted by atomic mass is 32.2. The number of para-hydroxylation sites is 2. The number of ether oxygens (including phenoxy) is 1. The molecule has 6 rings (SSSR count). The first-order valence-corrected chi connectivity index (χ1v) is 17.5. The summed E-state index contributed by atoms with van der Waals surface area (Å²) in [6.07, 6.45) is 1.13. The van der Waals surface area contributed by atoms with Gasteiger partial charge in [0.2, 0.25) is 11.8 Å². The van der Waals surface area contributed by atoms with Crippen LogP contribution in [0.4, 0.5) is 10.5 Å². The van der Waals surface area contributed by atoms with Gasteiger partial charge in [0.25, 0.3) is 5.91 Å². The Hall–Kier alpha value is -4.95. The lowest BCUT2D eigenvalue weighted by Crippen LogP contribution is -2.63. The predicted octanol–water partition coefficient (Wildman–Crippen LogP) is 4.97. The lowest BCUT2D eigenvalue weighted by molar-refractivity contribution is -0.175. The summed E-state index contributed by atoms with van der Waals surface area (Å²) in [6, 6.07) is 21.3. The number of thioether (sulfide) groups is 1. The van der Waals surface area contributed by atoms with Crippen molar-refractivity contribution in [2.45, 2.75) is 48.5 Å². The van der Waals surface area contributed by atoms with E-state index in [4.69, 9.17) is 4.74 Å². The summed E-state index contributed by atoms with van der Waals surface area (Å²) in [5.41, 5.74) is 1.38. The molecule has 3 heterocycles. The van der Waals surface area contributed by atoms with E-state index in [2.05, 4.69) is 20.9 Å². The molecule has 1 aromatic heterocycles. The summed E-state index contributed by atoms with van der Waals surface area (Å²) in [5.74, 6) is 0.182. The second-order valence-electron chi connectivity index (χ2n) is 11.3. The van der Waals surface area contributed by atoms with Gasteiger partial charge < -0.3 is 20.7 Å². The van der Waals surface area contributed by atoms with E-state index in [1.165, 1.54) is 33.1 Å². The number of urea groups is 1. The fourth-order valence-corrected chi connectivity index (χ4v) is 7.50. The number of benzene rings is 3. The second kappa shape index (κ2) is 15.3. The summed E-state index contributed by atoms with van der Waals surface area (Å²) in [7, 11) is 0. The third kappa shape index (κ3) is 8.12. The number of aromatic nitrogens is 1. The molecule has 0 bridgehead atoms. The zero-order chi connectivity index (χ0) is 33.5. The van der Waals surface area contributed by atoms with Crippen LogP contribution >= 0.6 is 23.1 Å². The van der Waals surface area contributed by atoms with E-state index in [0.29, 0.717) is 36.6 Å². The molecule has 48 heavy (non-hydrogen) atoms. The number of rotatable bonds is 11. The maximum Gasteiger partial charge on any atom is 0.319 e. The molecule has 0 aliphatic carbocycles. The van der Waals surface area contributed by atoms with Crippen LogP contribution < -0.4 is 20.7 Å². The van der Waals surface area contributed by atoms with E-state index in [9.17, 15) is 24.0 Å². The van der Waals surface area contributed by atoms with Crippen molar-refractivity contribution in [1.29, 1.82) is 0 Å². The van der Waals surface area contributed by atoms with E-state index >= 15 is 0 Å². The van der Waals surface area contributed by atoms with Crippen molar-refractivity contribution < 1.29 is 28.7 Å². The van der Waals surface area contributed by atoms with Crippen LogP contribution in [0.25, 0.3) is 10.2 Å². The van der Waals surface area contributed by atoms with Crippen molar-refractivity contribution in [2.24, 2.45) is 0 Å². The minimum atomic E-state index is -1.02. The van der Waals surface area contributed by atoms with Crippen LogP contribution in [-0.4, -0.2) is 75.5 Å². The van der Waals surface area contributed by atoms with Gasteiger partial charge in [-0.2, -0.15) is 0 Å². The molecular weight excluding hydrogens is 653 g/mol. The zero-order valence-corrected chi connectivity index (χ0v) is 27.6. The van der Waals surface area contributed by atoms with E-state index in [-0.39, 0.29) is 43.3 Å². The SMILES string of the molecule is O=C(CCNC(=O)[C@@H]1CCCN2C(=O)CCC(NC(=O)Nc3ccc(Oc4ccccc4)cc3)C(=O)N12)CSc1nc2ccccc2s1. The largest absolute Gasteiger partial charge is 0.457 e. The Bertz CT molecular complexity index is 1770. The molecule has 2 aliphatic rings. The fraction of sp³-hybridized carbons (Fsp3) is 0.294. The summed E-state index contributed by atoms with van der Waals surface area (Å²) in [6.45, 7) is 0.399. The number of anilines is 1. The van der Waals surface area contributed by atoms with Gasteiger partial charge >= 0.3 is 6.03 Å². The molecular formula is C34H34N6O6S2. The third-order valence-electron chi connectivity index (χ3n) is 7.89. The quantitative estimate of drug-likeness (QED) is 0.187. The van der Waals surface area contributed by atoms with E-state index in [0.717, 1.165) is 14.6 Å². The third-order valence-corrected chi connectivity index (χ3v) is 10.1. The molecule has 14 heteroatoms. The Balaban J connectivity index is 1.01. The molecule has 3 aromatic carbocycles. The smallest absolute Gasteiger partial charge is 0.319 e. The Morgan fingerprint density at radius 2 is 1.69 bits per heavy atom. The highest BCUT2D eigenvalue weighted by Gasteiger charge is 2.44.